The van der Waals surface area contributed by atoms with Crippen molar-refractivity contribution in [3.63, 3.8) is 0 Å². The lowest BCUT2D eigenvalue weighted by Crippen LogP contribution is -2.47. The van der Waals surface area contributed by atoms with Crippen molar-refractivity contribution >= 4 is 18.2 Å². The van der Waals surface area contributed by atoms with Crippen molar-refractivity contribution in [1.82, 2.24) is 20.7 Å². The zero-order valence-electron chi connectivity index (χ0n) is 21.7. The molecular weight excluding hydrogens is 517 g/mol. The van der Waals surface area contributed by atoms with E-state index in [9.17, 15) is 14.0 Å². The van der Waals surface area contributed by atoms with Crippen LogP contribution in [0.25, 0.3) is 0 Å². The highest BCUT2D eigenvalue weighted by molar-refractivity contribution is 5.87. The molecule has 0 radical (unpaired) electrons. The molecule has 0 spiro atoms. The highest BCUT2D eigenvalue weighted by Gasteiger charge is 2.22. The van der Waals surface area contributed by atoms with Crippen LogP contribution in [0.4, 0.5) is 9.18 Å². The summed E-state index contributed by atoms with van der Waals surface area (Å²) in [5.74, 6) is 0.0837. The minimum atomic E-state index is -0.974. The molecule has 3 aromatic carbocycles. The molecule has 1 atom stereocenters. The molecule has 0 saturated heterocycles. The van der Waals surface area contributed by atoms with Crippen LogP contribution in [0.5, 0.6) is 11.5 Å². The molecule has 0 aliphatic carbocycles. The van der Waals surface area contributed by atoms with Gasteiger partial charge in [0.1, 0.15) is 25.1 Å². The monoisotopic (exact) mass is 545 g/mol. The second-order valence-corrected chi connectivity index (χ2v) is 8.60. The number of halogens is 1. The van der Waals surface area contributed by atoms with Gasteiger partial charge in [-0.2, -0.15) is 5.10 Å². The van der Waals surface area contributed by atoms with Crippen molar-refractivity contribution in [1.29, 1.82) is 0 Å². The highest BCUT2D eigenvalue weighted by Crippen LogP contribution is 2.28. The summed E-state index contributed by atoms with van der Waals surface area (Å²) in [6.07, 6.45) is 3.89. The molecule has 2 amide bonds. The van der Waals surface area contributed by atoms with Crippen LogP contribution < -0.4 is 20.2 Å². The van der Waals surface area contributed by atoms with Gasteiger partial charge < -0.3 is 24.5 Å². The van der Waals surface area contributed by atoms with E-state index >= 15 is 0 Å². The van der Waals surface area contributed by atoms with E-state index in [0.717, 1.165) is 11.1 Å². The molecule has 0 aliphatic heterocycles. The van der Waals surface area contributed by atoms with Crippen LogP contribution in [0.1, 0.15) is 22.4 Å². The number of H-pyrrole nitrogens is 1. The third kappa shape index (κ3) is 8.42. The fourth-order valence-corrected chi connectivity index (χ4v) is 3.61. The molecule has 4 aromatic rings. The van der Waals surface area contributed by atoms with Crippen molar-refractivity contribution in [2.45, 2.75) is 25.7 Å². The largest absolute Gasteiger partial charge is 0.493 e. The Kier molecular flexibility index (Phi) is 9.81. The molecule has 1 heterocycles. The first-order valence-electron chi connectivity index (χ1n) is 12.3. The van der Waals surface area contributed by atoms with E-state index in [0.29, 0.717) is 22.8 Å². The molecular formula is C29H28FN5O5. The first kappa shape index (κ1) is 27.8. The smallest absolute Gasteiger partial charge is 0.408 e. The van der Waals surface area contributed by atoms with Crippen molar-refractivity contribution in [2.75, 3.05) is 7.11 Å². The number of carbonyl (C=O) groups is 2. The van der Waals surface area contributed by atoms with E-state index in [1.807, 2.05) is 30.3 Å². The third-order valence-electron chi connectivity index (χ3n) is 5.68. The van der Waals surface area contributed by atoms with Gasteiger partial charge in [0.2, 0.25) is 0 Å². The van der Waals surface area contributed by atoms with Gasteiger partial charge in [0, 0.05) is 18.3 Å². The average Bonchev–Trinajstić information content (AvgIpc) is 3.49. The van der Waals surface area contributed by atoms with Crippen LogP contribution in [-0.4, -0.2) is 41.3 Å². The summed E-state index contributed by atoms with van der Waals surface area (Å²) >= 11 is 0. The van der Waals surface area contributed by atoms with Gasteiger partial charge in [0.15, 0.2) is 11.5 Å². The molecule has 10 nitrogen and oxygen atoms in total. The second-order valence-electron chi connectivity index (χ2n) is 8.60. The SMILES string of the molecule is COc1cc(/C=N\NC(=O)[C@H](Cc2cnc[nH]2)NC(=O)OCc2ccccc2)ccc1OCc1ccc(F)cc1. The lowest BCUT2D eigenvalue weighted by Gasteiger charge is -2.16. The first-order chi connectivity index (χ1) is 19.5. The predicted molar refractivity (Wildman–Crippen MR) is 145 cm³/mol. The zero-order chi connectivity index (χ0) is 28.2. The standard InChI is InChI=1S/C29H28FN5O5/c1-38-27-13-22(9-12-26(27)39-17-21-7-10-23(30)11-8-21)15-33-35-28(36)25(14-24-16-31-19-32-24)34-29(37)40-18-20-5-3-2-4-6-20/h2-13,15-16,19,25H,14,17-18H2,1H3,(H,31,32)(H,34,37)(H,35,36)/b33-15-/t25-/m0/s1. The van der Waals surface area contributed by atoms with Gasteiger partial charge in [-0.05, 0) is 47.0 Å². The minimum Gasteiger partial charge on any atom is -0.493 e. The van der Waals surface area contributed by atoms with Crippen LogP contribution in [-0.2, 0) is 29.2 Å². The Labute approximate surface area is 230 Å². The van der Waals surface area contributed by atoms with E-state index in [4.69, 9.17) is 14.2 Å². The van der Waals surface area contributed by atoms with E-state index < -0.39 is 18.0 Å². The van der Waals surface area contributed by atoms with Gasteiger partial charge in [-0.1, -0.05) is 42.5 Å². The summed E-state index contributed by atoms with van der Waals surface area (Å²) in [5, 5.41) is 6.60. The Balaban J connectivity index is 1.34. The molecule has 0 aliphatic rings. The number of benzene rings is 3. The molecule has 1 aromatic heterocycles. The lowest BCUT2D eigenvalue weighted by molar-refractivity contribution is -0.123. The van der Waals surface area contributed by atoms with E-state index in [2.05, 4.69) is 25.8 Å². The van der Waals surface area contributed by atoms with E-state index in [-0.39, 0.29) is 25.5 Å². The third-order valence-corrected chi connectivity index (χ3v) is 5.68. The summed E-state index contributed by atoms with van der Waals surface area (Å²) in [5.41, 5.74) is 5.35. The number of nitrogens with one attached hydrogen (secondary N) is 3. The number of carbonyl (C=O) groups excluding carboxylic acids is 2. The van der Waals surface area contributed by atoms with Crippen molar-refractivity contribution in [3.05, 3.63) is 114 Å². The number of nitrogens with zero attached hydrogens (tertiary/aromatic N) is 2. The quantitative estimate of drug-likeness (QED) is 0.182. The molecule has 0 fully saturated rings. The number of hydrogen-bond acceptors (Lipinski definition) is 7. The Hall–Kier alpha value is -5.19. The molecule has 4 rings (SSSR count). The molecule has 11 heteroatoms. The van der Waals surface area contributed by atoms with Crippen LogP contribution >= 0.6 is 0 Å². The first-order valence-corrected chi connectivity index (χ1v) is 12.3. The number of aromatic nitrogens is 2. The van der Waals surface area contributed by atoms with Crippen LogP contribution in [0.2, 0.25) is 0 Å². The number of alkyl carbamates (subject to hydrolysis) is 1. The number of ether oxygens (including phenoxy) is 3. The van der Waals surface area contributed by atoms with Gasteiger partial charge in [-0.25, -0.2) is 19.6 Å². The van der Waals surface area contributed by atoms with Crippen molar-refractivity contribution in [3.8, 4) is 11.5 Å². The summed E-state index contributed by atoms with van der Waals surface area (Å²) in [4.78, 5) is 32.1. The Bertz CT molecular complexity index is 1410. The minimum absolute atomic E-state index is 0.0642. The maximum Gasteiger partial charge on any atom is 0.408 e. The molecule has 40 heavy (non-hydrogen) atoms. The number of amides is 2. The van der Waals surface area contributed by atoms with Crippen LogP contribution in [0, 0.1) is 5.82 Å². The zero-order valence-corrected chi connectivity index (χ0v) is 21.7. The number of hydrogen-bond donors (Lipinski definition) is 3. The molecule has 3 N–H and O–H groups in total. The van der Waals surface area contributed by atoms with Crippen molar-refractivity contribution in [2.24, 2.45) is 5.10 Å². The average molecular weight is 546 g/mol. The van der Waals surface area contributed by atoms with Gasteiger partial charge in [-0.3, -0.25) is 4.79 Å². The lowest BCUT2D eigenvalue weighted by atomic mass is 10.1. The van der Waals surface area contributed by atoms with Crippen molar-refractivity contribution < 1.29 is 28.2 Å². The molecule has 0 saturated carbocycles. The Morgan fingerprint density at radius 2 is 1.80 bits per heavy atom. The Morgan fingerprint density at radius 3 is 2.52 bits per heavy atom. The van der Waals surface area contributed by atoms with Crippen LogP contribution in [0.15, 0.2) is 90.4 Å². The second kappa shape index (κ2) is 14.1. The van der Waals surface area contributed by atoms with Crippen LogP contribution in [0.3, 0.4) is 0 Å². The number of rotatable bonds is 12. The summed E-state index contributed by atoms with van der Waals surface area (Å²) in [6, 6.07) is 19.4. The molecule has 0 bridgehead atoms. The molecule has 0 unspecified atom stereocenters. The Morgan fingerprint density at radius 1 is 1.02 bits per heavy atom. The number of aromatic amines is 1. The normalized spacial score (nSPS) is 11.6. The number of hydrazone groups is 1. The van der Waals surface area contributed by atoms with E-state index in [1.54, 1.807) is 36.5 Å². The maximum absolute atomic E-state index is 13.1. The van der Waals surface area contributed by atoms with Gasteiger partial charge in [-0.15, -0.1) is 0 Å². The van der Waals surface area contributed by atoms with E-state index in [1.165, 1.54) is 31.8 Å². The van der Waals surface area contributed by atoms with Gasteiger partial charge in [0.25, 0.3) is 5.91 Å². The number of imidazole rings is 1. The predicted octanol–water partition coefficient (Wildman–Crippen LogP) is 4.12. The summed E-state index contributed by atoms with van der Waals surface area (Å²) in [7, 11) is 1.51. The highest BCUT2D eigenvalue weighted by atomic mass is 19.1. The fourth-order valence-electron chi connectivity index (χ4n) is 3.61. The number of methoxy groups -OCH3 is 1. The van der Waals surface area contributed by atoms with Gasteiger partial charge in [0.05, 0.1) is 19.7 Å². The fraction of sp³-hybridized carbons (Fsp3) is 0.172. The molecule has 206 valence electrons. The maximum atomic E-state index is 13.1. The topological polar surface area (TPSA) is 127 Å². The summed E-state index contributed by atoms with van der Waals surface area (Å²) < 4.78 is 29.6. The van der Waals surface area contributed by atoms with Gasteiger partial charge >= 0.3 is 6.09 Å². The summed E-state index contributed by atoms with van der Waals surface area (Å²) in [6.45, 7) is 0.299.